The average molecular weight is 526 g/mol. The molecule has 1 aliphatic heterocycles. The first-order valence-electron chi connectivity index (χ1n) is 11.2. The molecule has 0 radical (unpaired) electrons. The van der Waals surface area contributed by atoms with Crippen LogP contribution < -0.4 is 5.73 Å². The van der Waals surface area contributed by atoms with Crippen molar-refractivity contribution < 1.29 is 28.2 Å². The quantitative estimate of drug-likeness (QED) is 0.295. The van der Waals surface area contributed by atoms with Gasteiger partial charge in [0.1, 0.15) is 18.2 Å². The van der Waals surface area contributed by atoms with Crippen molar-refractivity contribution >= 4 is 40.7 Å². The molecule has 0 spiro atoms. The van der Waals surface area contributed by atoms with Gasteiger partial charge in [0.2, 0.25) is 5.95 Å². The second-order valence-corrected chi connectivity index (χ2v) is 8.89. The number of nitrogens with zero attached hydrogens (tertiary/aromatic N) is 4. The lowest BCUT2D eigenvalue weighted by Gasteiger charge is -2.27. The second kappa shape index (κ2) is 9.75. The Hall–Kier alpha value is -4.09. The summed E-state index contributed by atoms with van der Waals surface area (Å²) in [6.45, 7) is 0.832. The SMILES string of the molecule is CC1(F)C(OC(=O)c2ccccc2)C(COC(=O)c2ccccc2)OC1n1cnc2c(Cl)nc(N)nc21. The van der Waals surface area contributed by atoms with Crippen LogP contribution in [0.5, 0.6) is 0 Å². The van der Waals surface area contributed by atoms with Gasteiger partial charge >= 0.3 is 11.9 Å². The monoisotopic (exact) mass is 525 g/mol. The molecule has 1 fully saturated rings. The summed E-state index contributed by atoms with van der Waals surface area (Å²) in [5.41, 5.74) is 4.26. The Morgan fingerprint density at radius 2 is 1.70 bits per heavy atom. The summed E-state index contributed by atoms with van der Waals surface area (Å²) < 4.78 is 34.8. The first-order valence-corrected chi connectivity index (χ1v) is 11.6. The number of nitrogen functional groups attached to an aromatic ring is 1. The van der Waals surface area contributed by atoms with Crippen LogP contribution in [0.1, 0.15) is 33.9 Å². The van der Waals surface area contributed by atoms with Crippen LogP contribution in [0.25, 0.3) is 11.2 Å². The molecule has 3 heterocycles. The van der Waals surface area contributed by atoms with Gasteiger partial charge in [-0.15, -0.1) is 0 Å². The maximum absolute atomic E-state index is 16.5. The van der Waals surface area contributed by atoms with E-state index in [4.69, 9.17) is 31.5 Å². The maximum Gasteiger partial charge on any atom is 0.338 e. The van der Waals surface area contributed by atoms with Gasteiger partial charge in [-0.2, -0.15) is 9.97 Å². The largest absolute Gasteiger partial charge is 0.459 e. The molecule has 4 atom stereocenters. The van der Waals surface area contributed by atoms with Crippen LogP contribution in [0.4, 0.5) is 10.3 Å². The predicted octanol–water partition coefficient (Wildman–Crippen LogP) is 3.77. The van der Waals surface area contributed by atoms with Crippen molar-refractivity contribution in [1.82, 2.24) is 19.5 Å². The van der Waals surface area contributed by atoms with E-state index in [0.717, 1.165) is 0 Å². The standard InChI is InChI=1S/C25H21ClFN5O5/c1-25(27)18(37-22(34)15-10-6-3-7-11-15)16(12-35-21(33)14-8-4-2-5-9-14)36-23(25)32-13-29-17-19(26)30-24(28)31-20(17)32/h2-11,13,16,18,23H,12H2,1H3,(H2,28,30,31). The molecule has 1 aliphatic rings. The average Bonchev–Trinajstić information content (AvgIpc) is 3.41. The minimum Gasteiger partial charge on any atom is -0.459 e. The van der Waals surface area contributed by atoms with Crippen LogP contribution in [-0.4, -0.2) is 55.9 Å². The number of carbonyl (C=O) groups is 2. The third-order valence-electron chi connectivity index (χ3n) is 5.96. The van der Waals surface area contributed by atoms with Gasteiger partial charge in [-0.25, -0.2) is 19.0 Å². The molecule has 2 N–H and O–H groups in total. The molecule has 12 heteroatoms. The van der Waals surface area contributed by atoms with Crippen molar-refractivity contribution in [3.63, 3.8) is 0 Å². The van der Waals surface area contributed by atoms with E-state index < -0.39 is 36.0 Å². The number of rotatable bonds is 6. The number of hydrogen-bond donors (Lipinski definition) is 1. The molecule has 4 aromatic rings. The minimum atomic E-state index is -2.31. The van der Waals surface area contributed by atoms with Gasteiger partial charge in [-0.1, -0.05) is 48.0 Å². The number of alkyl halides is 1. The van der Waals surface area contributed by atoms with Gasteiger partial charge in [0, 0.05) is 0 Å². The first kappa shape index (κ1) is 24.6. The summed E-state index contributed by atoms with van der Waals surface area (Å²) in [5, 5.41) is -0.0137. The Morgan fingerprint density at radius 1 is 1.08 bits per heavy atom. The summed E-state index contributed by atoms with van der Waals surface area (Å²) in [7, 11) is 0. The Morgan fingerprint density at radius 3 is 2.35 bits per heavy atom. The van der Waals surface area contributed by atoms with Crippen LogP contribution in [-0.2, 0) is 14.2 Å². The molecule has 5 rings (SSSR count). The summed E-state index contributed by atoms with van der Waals surface area (Å²) in [4.78, 5) is 37.5. The Balaban J connectivity index is 1.47. The topological polar surface area (TPSA) is 131 Å². The molecule has 1 saturated heterocycles. The van der Waals surface area contributed by atoms with Crippen LogP contribution in [0.2, 0.25) is 5.15 Å². The Kier molecular flexibility index (Phi) is 6.48. The molecule has 4 unspecified atom stereocenters. The maximum atomic E-state index is 16.5. The van der Waals surface area contributed by atoms with Gasteiger partial charge in [0.05, 0.1) is 17.5 Å². The highest BCUT2D eigenvalue weighted by Gasteiger charge is 2.58. The fourth-order valence-corrected chi connectivity index (χ4v) is 4.39. The van der Waals surface area contributed by atoms with E-state index >= 15 is 4.39 Å². The van der Waals surface area contributed by atoms with Crippen molar-refractivity contribution in [3.05, 3.63) is 83.3 Å². The predicted molar refractivity (Wildman–Crippen MR) is 131 cm³/mol. The highest BCUT2D eigenvalue weighted by molar-refractivity contribution is 6.33. The molecule has 10 nitrogen and oxygen atoms in total. The fraction of sp³-hybridized carbons (Fsp3) is 0.240. The second-order valence-electron chi connectivity index (χ2n) is 8.53. The van der Waals surface area contributed by atoms with Crippen LogP contribution in [0, 0.1) is 0 Å². The van der Waals surface area contributed by atoms with Crippen molar-refractivity contribution in [3.8, 4) is 0 Å². The number of benzene rings is 2. The first-order chi connectivity index (χ1) is 17.8. The molecule has 37 heavy (non-hydrogen) atoms. The normalized spacial score (nSPS) is 23.2. The number of fused-ring (bicyclic) bond motifs is 1. The number of anilines is 1. The summed E-state index contributed by atoms with van der Waals surface area (Å²) in [5.74, 6) is -1.54. The number of carbonyl (C=O) groups excluding carboxylic acids is 2. The lowest BCUT2D eigenvalue weighted by molar-refractivity contribution is -0.0611. The van der Waals surface area contributed by atoms with E-state index in [2.05, 4.69) is 15.0 Å². The highest BCUT2D eigenvalue weighted by atomic mass is 35.5. The Labute approximate surface area is 215 Å². The van der Waals surface area contributed by atoms with E-state index in [1.165, 1.54) is 17.8 Å². The smallest absolute Gasteiger partial charge is 0.338 e. The van der Waals surface area contributed by atoms with Gasteiger partial charge in [0.15, 0.2) is 28.8 Å². The number of imidazole rings is 1. The number of halogens is 2. The number of hydrogen-bond acceptors (Lipinski definition) is 9. The number of aromatic nitrogens is 4. The van der Waals surface area contributed by atoms with E-state index in [1.807, 2.05) is 0 Å². The minimum absolute atomic E-state index is 0.0137. The van der Waals surface area contributed by atoms with Gasteiger partial charge < -0.3 is 19.9 Å². The number of esters is 2. The summed E-state index contributed by atoms with van der Waals surface area (Å²) in [6.07, 6.45) is -2.72. The third kappa shape index (κ3) is 4.70. The lowest BCUT2D eigenvalue weighted by Crippen LogP contribution is -2.44. The van der Waals surface area contributed by atoms with Gasteiger partial charge in [-0.3, -0.25) is 4.57 Å². The van der Waals surface area contributed by atoms with Crippen molar-refractivity contribution in [2.45, 2.75) is 31.0 Å². The lowest BCUT2D eigenvalue weighted by atomic mass is 9.98. The zero-order valence-electron chi connectivity index (χ0n) is 19.5. The van der Waals surface area contributed by atoms with Gasteiger partial charge in [0.25, 0.3) is 0 Å². The molecule has 2 aromatic carbocycles. The molecule has 2 aromatic heterocycles. The van der Waals surface area contributed by atoms with E-state index in [1.54, 1.807) is 60.7 Å². The van der Waals surface area contributed by atoms with Crippen molar-refractivity contribution in [1.29, 1.82) is 0 Å². The molecule has 0 bridgehead atoms. The third-order valence-corrected chi connectivity index (χ3v) is 6.22. The van der Waals surface area contributed by atoms with E-state index in [9.17, 15) is 9.59 Å². The zero-order valence-corrected chi connectivity index (χ0v) is 20.2. The molecule has 0 aliphatic carbocycles. The molecular formula is C25H21ClFN5O5. The molecule has 0 amide bonds. The molecule has 190 valence electrons. The summed E-state index contributed by atoms with van der Waals surface area (Å²) in [6, 6.07) is 16.4. The molecule has 0 saturated carbocycles. The molecular weight excluding hydrogens is 505 g/mol. The van der Waals surface area contributed by atoms with Crippen molar-refractivity contribution in [2.75, 3.05) is 12.3 Å². The van der Waals surface area contributed by atoms with Gasteiger partial charge in [-0.05, 0) is 31.2 Å². The number of ether oxygens (including phenoxy) is 3. The number of nitrogens with two attached hydrogens (primary N) is 1. The van der Waals surface area contributed by atoms with Crippen LogP contribution in [0.3, 0.4) is 0 Å². The zero-order chi connectivity index (χ0) is 26.2. The van der Waals surface area contributed by atoms with Crippen molar-refractivity contribution in [2.24, 2.45) is 0 Å². The van der Waals surface area contributed by atoms with Crippen LogP contribution in [0.15, 0.2) is 67.0 Å². The fourth-order valence-electron chi connectivity index (χ4n) is 4.17. The van der Waals surface area contributed by atoms with E-state index in [-0.39, 0.29) is 34.4 Å². The summed E-state index contributed by atoms with van der Waals surface area (Å²) >= 11 is 6.12. The van der Waals surface area contributed by atoms with E-state index in [0.29, 0.717) is 5.56 Å². The highest BCUT2D eigenvalue weighted by Crippen LogP contribution is 2.44. The van der Waals surface area contributed by atoms with Crippen LogP contribution >= 0.6 is 11.6 Å². The Bertz CT molecular complexity index is 1450.